The van der Waals surface area contributed by atoms with Gasteiger partial charge in [-0.05, 0) is 24.5 Å². The molecule has 1 aromatic carbocycles. The van der Waals surface area contributed by atoms with Gasteiger partial charge in [-0.3, -0.25) is 0 Å². The zero-order valence-corrected chi connectivity index (χ0v) is 10.2. The molecule has 2 rings (SSSR count). The number of aromatic nitrogens is 2. The standard InChI is InChI=1S/C12H13N3S/c1-15-11-7-9(8-13)3-4-10(11)14-12(15)5-6-16-2/h3-4,7H,5-6H2,1-2H3. The summed E-state index contributed by atoms with van der Waals surface area (Å²) < 4.78 is 2.08. The first-order chi connectivity index (χ1) is 7.76. The zero-order chi connectivity index (χ0) is 11.5. The lowest BCUT2D eigenvalue weighted by molar-refractivity contribution is 0.833. The minimum atomic E-state index is 0.687. The molecule has 0 radical (unpaired) electrons. The van der Waals surface area contributed by atoms with Crippen LogP contribution in [0, 0.1) is 11.3 Å². The normalized spacial score (nSPS) is 10.6. The summed E-state index contributed by atoms with van der Waals surface area (Å²) in [5.74, 6) is 2.15. The van der Waals surface area contributed by atoms with Crippen molar-refractivity contribution in [2.45, 2.75) is 6.42 Å². The van der Waals surface area contributed by atoms with Gasteiger partial charge in [0.15, 0.2) is 0 Å². The molecule has 4 heteroatoms. The summed E-state index contributed by atoms with van der Waals surface area (Å²) in [4.78, 5) is 4.57. The number of imidazole rings is 1. The van der Waals surface area contributed by atoms with Crippen molar-refractivity contribution >= 4 is 22.8 Å². The van der Waals surface area contributed by atoms with Crippen molar-refractivity contribution in [1.29, 1.82) is 5.26 Å². The van der Waals surface area contributed by atoms with Crippen molar-refractivity contribution in [1.82, 2.24) is 9.55 Å². The first kappa shape index (κ1) is 11.0. The van der Waals surface area contributed by atoms with E-state index in [4.69, 9.17) is 5.26 Å². The van der Waals surface area contributed by atoms with Gasteiger partial charge in [0.2, 0.25) is 0 Å². The van der Waals surface area contributed by atoms with E-state index in [9.17, 15) is 0 Å². The molecule has 1 aromatic heterocycles. The second-order valence-electron chi connectivity index (χ2n) is 3.65. The van der Waals surface area contributed by atoms with Gasteiger partial charge in [-0.2, -0.15) is 17.0 Å². The maximum Gasteiger partial charge on any atom is 0.110 e. The topological polar surface area (TPSA) is 41.6 Å². The highest BCUT2D eigenvalue weighted by Gasteiger charge is 2.07. The van der Waals surface area contributed by atoms with E-state index in [1.54, 1.807) is 0 Å². The summed E-state index contributed by atoms with van der Waals surface area (Å²) >= 11 is 1.82. The van der Waals surface area contributed by atoms with Gasteiger partial charge in [0.05, 0.1) is 22.7 Å². The number of rotatable bonds is 3. The molecule has 0 atom stereocenters. The lowest BCUT2D eigenvalue weighted by Gasteiger charge is -2.00. The number of fused-ring (bicyclic) bond motifs is 1. The van der Waals surface area contributed by atoms with Crippen LogP contribution >= 0.6 is 11.8 Å². The number of benzene rings is 1. The van der Waals surface area contributed by atoms with Crippen LogP contribution in [0.5, 0.6) is 0 Å². The summed E-state index contributed by atoms with van der Waals surface area (Å²) in [6.07, 6.45) is 3.06. The Bertz CT molecular complexity index is 551. The van der Waals surface area contributed by atoms with Gasteiger partial charge < -0.3 is 4.57 Å². The number of aryl methyl sites for hydroxylation is 2. The summed E-state index contributed by atoms with van der Waals surface area (Å²) in [5.41, 5.74) is 2.69. The largest absolute Gasteiger partial charge is 0.331 e. The Hall–Kier alpha value is -1.47. The van der Waals surface area contributed by atoms with Crippen LogP contribution in [0.15, 0.2) is 18.2 Å². The van der Waals surface area contributed by atoms with Gasteiger partial charge in [0.1, 0.15) is 5.82 Å². The molecule has 0 amide bonds. The molecule has 0 aliphatic heterocycles. The fourth-order valence-corrected chi connectivity index (χ4v) is 2.11. The minimum absolute atomic E-state index is 0.687. The Morgan fingerprint density at radius 2 is 2.31 bits per heavy atom. The molecule has 0 saturated carbocycles. The van der Waals surface area contributed by atoms with Crippen LogP contribution in [0.3, 0.4) is 0 Å². The van der Waals surface area contributed by atoms with E-state index in [0.717, 1.165) is 29.0 Å². The Morgan fingerprint density at radius 3 is 3.00 bits per heavy atom. The van der Waals surface area contributed by atoms with Crippen LogP contribution in [0.25, 0.3) is 11.0 Å². The van der Waals surface area contributed by atoms with Crippen LogP contribution in [0.1, 0.15) is 11.4 Å². The van der Waals surface area contributed by atoms with Gasteiger partial charge >= 0.3 is 0 Å². The van der Waals surface area contributed by atoms with Crippen molar-refractivity contribution < 1.29 is 0 Å². The average Bonchev–Trinajstić information content (AvgIpc) is 2.63. The van der Waals surface area contributed by atoms with Crippen molar-refractivity contribution in [3.05, 3.63) is 29.6 Å². The predicted molar refractivity (Wildman–Crippen MR) is 67.5 cm³/mol. The molecule has 0 aliphatic carbocycles. The molecule has 2 aromatic rings. The molecule has 82 valence electrons. The van der Waals surface area contributed by atoms with Crippen molar-refractivity contribution in [3.8, 4) is 6.07 Å². The minimum Gasteiger partial charge on any atom is -0.331 e. The van der Waals surface area contributed by atoms with E-state index < -0.39 is 0 Å². The van der Waals surface area contributed by atoms with E-state index in [1.807, 2.05) is 37.0 Å². The average molecular weight is 231 g/mol. The third-order valence-electron chi connectivity index (χ3n) is 2.63. The molecule has 0 fully saturated rings. The molecule has 0 saturated heterocycles. The van der Waals surface area contributed by atoms with E-state index in [-0.39, 0.29) is 0 Å². The maximum absolute atomic E-state index is 8.85. The van der Waals surface area contributed by atoms with Gasteiger partial charge in [0, 0.05) is 19.2 Å². The van der Waals surface area contributed by atoms with E-state index in [0.29, 0.717) is 5.56 Å². The molecule has 3 nitrogen and oxygen atoms in total. The summed E-state index contributed by atoms with van der Waals surface area (Å²) in [5, 5.41) is 8.85. The van der Waals surface area contributed by atoms with Crippen LogP contribution < -0.4 is 0 Å². The highest BCUT2D eigenvalue weighted by Crippen LogP contribution is 2.17. The molecule has 0 N–H and O–H groups in total. The monoisotopic (exact) mass is 231 g/mol. The highest BCUT2D eigenvalue weighted by atomic mass is 32.2. The van der Waals surface area contributed by atoms with E-state index in [1.165, 1.54) is 0 Å². The smallest absolute Gasteiger partial charge is 0.110 e. The molecule has 0 unspecified atom stereocenters. The zero-order valence-electron chi connectivity index (χ0n) is 9.40. The first-order valence-electron chi connectivity index (χ1n) is 5.10. The Morgan fingerprint density at radius 1 is 1.50 bits per heavy atom. The van der Waals surface area contributed by atoms with Crippen LogP contribution in [-0.2, 0) is 13.5 Å². The van der Waals surface area contributed by atoms with Crippen molar-refractivity contribution in [2.24, 2.45) is 7.05 Å². The highest BCUT2D eigenvalue weighted by molar-refractivity contribution is 7.98. The molecular weight excluding hydrogens is 218 g/mol. The number of hydrogen-bond donors (Lipinski definition) is 0. The van der Waals surface area contributed by atoms with Gasteiger partial charge in [-0.15, -0.1) is 0 Å². The number of hydrogen-bond acceptors (Lipinski definition) is 3. The third kappa shape index (κ3) is 1.91. The predicted octanol–water partition coefficient (Wildman–Crippen LogP) is 2.35. The molecule has 1 heterocycles. The summed E-state index contributed by atoms with van der Waals surface area (Å²) in [6, 6.07) is 7.77. The van der Waals surface area contributed by atoms with Crippen molar-refractivity contribution in [2.75, 3.05) is 12.0 Å². The van der Waals surface area contributed by atoms with Crippen LogP contribution in [0.4, 0.5) is 0 Å². The van der Waals surface area contributed by atoms with E-state index in [2.05, 4.69) is 21.9 Å². The SMILES string of the molecule is CSCCc1nc2ccc(C#N)cc2n1C. The van der Waals surface area contributed by atoms with E-state index >= 15 is 0 Å². The lowest BCUT2D eigenvalue weighted by atomic mass is 10.2. The van der Waals surface area contributed by atoms with Gasteiger partial charge in [0.25, 0.3) is 0 Å². The molecule has 0 aliphatic rings. The Labute approximate surface area is 99.1 Å². The Balaban J connectivity index is 2.47. The van der Waals surface area contributed by atoms with Gasteiger partial charge in [-0.25, -0.2) is 4.98 Å². The quantitative estimate of drug-likeness (QED) is 0.814. The molecule has 16 heavy (non-hydrogen) atoms. The first-order valence-corrected chi connectivity index (χ1v) is 6.50. The lowest BCUT2D eigenvalue weighted by Crippen LogP contribution is -1.99. The van der Waals surface area contributed by atoms with Crippen LogP contribution in [0.2, 0.25) is 0 Å². The summed E-state index contributed by atoms with van der Waals surface area (Å²) in [7, 11) is 2.01. The fourth-order valence-electron chi connectivity index (χ4n) is 1.73. The maximum atomic E-state index is 8.85. The van der Waals surface area contributed by atoms with Crippen LogP contribution in [-0.4, -0.2) is 21.6 Å². The van der Waals surface area contributed by atoms with Crippen molar-refractivity contribution in [3.63, 3.8) is 0 Å². The molecular formula is C12H13N3S. The second-order valence-corrected chi connectivity index (χ2v) is 4.63. The number of nitrogens with zero attached hydrogens (tertiary/aromatic N) is 3. The third-order valence-corrected chi connectivity index (χ3v) is 3.24. The van der Waals surface area contributed by atoms with Gasteiger partial charge in [-0.1, -0.05) is 0 Å². The Kier molecular flexibility index (Phi) is 3.16. The number of thioether (sulfide) groups is 1. The second kappa shape index (κ2) is 4.58. The summed E-state index contributed by atoms with van der Waals surface area (Å²) in [6.45, 7) is 0. The number of nitriles is 1. The fraction of sp³-hybridized carbons (Fsp3) is 0.333. The molecule has 0 spiro atoms. The molecule has 0 bridgehead atoms.